The summed E-state index contributed by atoms with van der Waals surface area (Å²) >= 11 is 0. The van der Waals surface area contributed by atoms with Crippen LogP contribution in [0.2, 0.25) is 0 Å². The number of nitro groups is 1. The van der Waals surface area contributed by atoms with Gasteiger partial charge < -0.3 is 15.4 Å². The van der Waals surface area contributed by atoms with Crippen LogP contribution < -0.4 is 10.6 Å². The summed E-state index contributed by atoms with van der Waals surface area (Å²) in [6, 6.07) is 8.51. The molecule has 0 aromatic heterocycles. The molecule has 158 valence electrons. The number of esters is 1. The minimum Gasteiger partial charge on any atom is -0.468 e. The van der Waals surface area contributed by atoms with Gasteiger partial charge in [0.1, 0.15) is 6.54 Å². The van der Waals surface area contributed by atoms with Crippen LogP contribution in [0.25, 0.3) is 0 Å². The minimum atomic E-state index is -3.80. The quantitative estimate of drug-likeness (QED) is 0.372. The van der Waals surface area contributed by atoms with E-state index in [4.69, 9.17) is 0 Å². The average molecular weight is 435 g/mol. The topological polar surface area (TPSA) is 162 Å². The molecule has 2 rings (SSSR count). The molecule has 0 aliphatic carbocycles. The van der Waals surface area contributed by atoms with Crippen molar-refractivity contribution in [3.63, 3.8) is 0 Å². The maximum absolute atomic E-state index is 12.5. The zero-order valence-electron chi connectivity index (χ0n) is 15.9. The standard InChI is InChI=1S/C18H17N3O8S/c1-29-16(22)10-19-17(23)11-4-3-5-13(6-11)20-18(24)12-7-14(21(25)26)9-15(8-12)30(2,27)28/h3-9H,10H2,1-2H3,(H,19,23)(H,20,24). The Morgan fingerprint density at radius 3 is 2.37 bits per heavy atom. The number of benzene rings is 2. The molecule has 11 nitrogen and oxygen atoms in total. The number of sulfone groups is 1. The highest BCUT2D eigenvalue weighted by Crippen LogP contribution is 2.22. The summed E-state index contributed by atoms with van der Waals surface area (Å²) in [6.07, 6.45) is 0.865. The van der Waals surface area contributed by atoms with E-state index in [1.807, 2.05) is 0 Å². The van der Waals surface area contributed by atoms with Gasteiger partial charge in [0.25, 0.3) is 17.5 Å². The lowest BCUT2D eigenvalue weighted by molar-refractivity contribution is -0.385. The summed E-state index contributed by atoms with van der Waals surface area (Å²) < 4.78 is 27.9. The molecule has 0 radical (unpaired) electrons. The first kappa shape index (κ1) is 22.5. The smallest absolute Gasteiger partial charge is 0.325 e. The Labute approximate surface area is 171 Å². The molecule has 12 heteroatoms. The fraction of sp³-hybridized carbons (Fsp3) is 0.167. The van der Waals surface area contributed by atoms with Gasteiger partial charge in [0.2, 0.25) is 0 Å². The van der Waals surface area contributed by atoms with Crippen LogP contribution in [0.3, 0.4) is 0 Å². The molecule has 30 heavy (non-hydrogen) atoms. The molecule has 0 aliphatic heterocycles. The Kier molecular flexibility index (Phi) is 6.85. The van der Waals surface area contributed by atoms with Gasteiger partial charge in [-0.1, -0.05) is 6.07 Å². The monoisotopic (exact) mass is 435 g/mol. The number of nitrogens with one attached hydrogen (secondary N) is 2. The first-order valence-corrected chi connectivity index (χ1v) is 10.2. The van der Waals surface area contributed by atoms with E-state index in [1.54, 1.807) is 0 Å². The van der Waals surface area contributed by atoms with E-state index in [9.17, 15) is 32.9 Å². The predicted octanol–water partition coefficient (Wildman–Crippen LogP) is 1.15. The maximum Gasteiger partial charge on any atom is 0.325 e. The zero-order chi connectivity index (χ0) is 22.5. The van der Waals surface area contributed by atoms with Gasteiger partial charge in [-0.05, 0) is 24.3 Å². The molecule has 2 amide bonds. The summed E-state index contributed by atoms with van der Waals surface area (Å²) in [4.78, 5) is 45.6. The lowest BCUT2D eigenvalue weighted by Crippen LogP contribution is -2.30. The molecule has 0 unspecified atom stereocenters. The summed E-state index contributed by atoms with van der Waals surface area (Å²) in [5.74, 6) is -2.04. The highest BCUT2D eigenvalue weighted by atomic mass is 32.2. The van der Waals surface area contributed by atoms with Gasteiger partial charge in [-0.3, -0.25) is 24.5 Å². The fourth-order valence-electron chi connectivity index (χ4n) is 2.30. The third kappa shape index (κ3) is 5.85. The molecule has 0 fully saturated rings. The lowest BCUT2D eigenvalue weighted by Gasteiger charge is -2.09. The Morgan fingerprint density at radius 1 is 1.07 bits per heavy atom. The average Bonchev–Trinajstić information content (AvgIpc) is 2.70. The Hall–Kier alpha value is -3.80. The van der Waals surface area contributed by atoms with Gasteiger partial charge in [0.15, 0.2) is 9.84 Å². The van der Waals surface area contributed by atoms with E-state index < -0.39 is 38.2 Å². The van der Waals surface area contributed by atoms with Crippen LogP contribution in [0.1, 0.15) is 20.7 Å². The SMILES string of the molecule is COC(=O)CNC(=O)c1cccc(NC(=O)c2cc([N+](=O)[O-])cc(S(C)(=O)=O)c2)c1. The van der Waals surface area contributed by atoms with Gasteiger partial charge >= 0.3 is 5.97 Å². The van der Waals surface area contributed by atoms with E-state index >= 15 is 0 Å². The van der Waals surface area contributed by atoms with Gasteiger partial charge in [0.05, 0.1) is 16.9 Å². The number of nitro benzene ring substituents is 1. The zero-order valence-corrected chi connectivity index (χ0v) is 16.7. The van der Waals surface area contributed by atoms with Crippen LogP contribution in [-0.2, 0) is 19.4 Å². The van der Waals surface area contributed by atoms with Crippen LogP contribution in [0.5, 0.6) is 0 Å². The number of hydrogen-bond acceptors (Lipinski definition) is 8. The molecule has 0 aliphatic rings. The predicted molar refractivity (Wildman–Crippen MR) is 105 cm³/mol. The van der Waals surface area contributed by atoms with Crippen LogP contribution in [-0.4, -0.2) is 51.0 Å². The molecule has 2 N–H and O–H groups in total. The number of carbonyl (C=O) groups is 3. The molecule has 2 aromatic rings. The van der Waals surface area contributed by atoms with E-state index in [2.05, 4.69) is 15.4 Å². The van der Waals surface area contributed by atoms with Crippen LogP contribution in [0.15, 0.2) is 47.4 Å². The van der Waals surface area contributed by atoms with Crippen molar-refractivity contribution in [2.45, 2.75) is 4.90 Å². The van der Waals surface area contributed by atoms with Gasteiger partial charge in [0, 0.05) is 35.2 Å². The number of anilines is 1. The highest BCUT2D eigenvalue weighted by molar-refractivity contribution is 7.90. The van der Waals surface area contributed by atoms with Crippen LogP contribution >= 0.6 is 0 Å². The molecule has 0 saturated heterocycles. The van der Waals surface area contributed by atoms with Crippen molar-refractivity contribution in [2.75, 3.05) is 25.2 Å². The number of non-ortho nitro benzene ring substituents is 1. The Morgan fingerprint density at radius 2 is 1.77 bits per heavy atom. The van der Waals surface area contributed by atoms with Crippen LogP contribution in [0, 0.1) is 10.1 Å². The summed E-state index contributed by atoms with van der Waals surface area (Å²) in [7, 11) is -2.62. The van der Waals surface area contributed by atoms with Gasteiger partial charge in [-0.2, -0.15) is 0 Å². The number of methoxy groups -OCH3 is 1. The van der Waals surface area contributed by atoms with Gasteiger partial charge in [-0.25, -0.2) is 8.42 Å². The van der Waals surface area contributed by atoms with Crippen molar-refractivity contribution in [1.29, 1.82) is 0 Å². The van der Waals surface area contributed by atoms with Gasteiger partial charge in [-0.15, -0.1) is 0 Å². The third-order valence-electron chi connectivity index (χ3n) is 3.80. The number of carbonyl (C=O) groups excluding carboxylic acids is 3. The van der Waals surface area contributed by atoms with Crippen molar-refractivity contribution in [1.82, 2.24) is 5.32 Å². The Bertz CT molecular complexity index is 1130. The third-order valence-corrected chi connectivity index (χ3v) is 4.89. The van der Waals surface area contributed by atoms with Crippen molar-refractivity contribution >= 4 is 39.0 Å². The van der Waals surface area contributed by atoms with E-state index in [1.165, 1.54) is 31.4 Å². The minimum absolute atomic E-state index is 0.132. The molecular weight excluding hydrogens is 418 g/mol. The molecule has 2 aromatic carbocycles. The second kappa shape index (κ2) is 9.13. The van der Waals surface area contributed by atoms with E-state index in [-0.39, 0.29) is 28.3 Å². The molecule has 0 atom stereocenters. The maximum atomic E-state index is 12.5. The number of amides is 2. The second-order valence-electron chi connectivity index (χ2n) is 6.04. The van der Waals surface area contributed by atoms with Crippen LogP contribution in [0.4, 0.5) is 11.4 Å². The van der Waals surface area contributed by atoms with E-state index in [0.29, 0.717) is 0 Å². The molecular formula is C18H17N3O8S. The number of rotatable bonds is 7. The number of ether oxygens (including phenoxy) is 1. The number of hydrogen-bond donors (Lipinski definition) is 2. The fourth-order valence-corrected chi connectivity index (χ4v) is 2.98. The van der Waals surface area contributed by atoms with Crippen molar-refractivity contribution in [3.05, 3.63) is 63.7 Å². The first-order valence-electron chi connectivity index (χ1n) is 8.27. The molecule has 0 heterocycles. The lowest BCUT2D eigenvalue weighted by atomic mass is 10.1. The first-order chi connectivity index (χ1) is 14.0. The van der Waals surface area contributed by atoms with E-state index in [0.717, 1.165) is 24.5 Å². The molecule has 0 spiro atoms. The summed E-state index contributed by atoms with van der Waals surface area (Å²) in [5.41, 5.74) is -0.491. The van der Waals surface area contributed by atoms with Crippen molar-refractivity contribution in [3.8, 4) is 0 Å². The Balaban J connectivity index is 2.26. The molecule has 0 bridgehead atoms. The van der Waals surface area contributed by atoms with Crippen molar-refractivity contribution < 1.29 is 32.5 Å². The highest BCUT2D eigenvalue weighted by Gasteiger charge is 2.19. The second-order valence-corrected chi connectivity index (χ2v) is 8.05. The largest absolute Gasteiger partial charge is 0.468 e. The summed E-state index contributed by atoms with van der Waals surface area (Å²) in [6.45, 7) is -0.339. The normalized spacial score (nSPS) is 10.7. The molecule has 0 saturated carbocycles. The van der Waals surface area contributed by atoms with Crippen molar-refractivity contribution in [2.24, 2.45) is 0 Å². The number of nitrogens with zero attached hydrogens (tertiary/aromatic N) is 1. The summed E-state index contributed by atoms with van der Waals surface area (Å²) in [5, 5.41) is 15.9.